The average Bonchev–Trinajstić information content (AvgIpc) is 2.66. The molecule has 140 valence electrons. The van der Waals surface area contributed by atoms with Crippen LogP contribution in [0, 0.1) is 5.92 Å². The van der Waals surface area contributed by atoms with Gasteiger partial charge in [-0.2, -0.15) is 0 Å². The van der Waals surface area contributed by atoms with E-state index in [0.717, 1.165) is 17.7 Å². The van der Waals surface area contributed by atoms with E-state index in [1.807, 2.05) is 26.0 Å². The second-order valence-corrected chi connectivity index (χ2v) is 7.98. The summed E-state index contributed by atoms with van der Waals surface area (Å²) in [6, 6.07) is 10.4. The molecule has 2 rings (SSSR count). The summed E-state index contributed by atoms with van der Waals surface area (Å²) in [6.07, 6.45) is 4.44. The topological polar surface area (TPSA) is 83.1 Å². The summed E-state index contributed by atoms with van der Waals surface area (Å²) in [5.41, 5.74) is 1.80. The van der Waals surface area contributed by atoms with Crippen LogP contribution in [0.4, 0.5) is 5.69 Å². The van der Waals surface area contributed by atoms with Crippen LogP contribution < -0.4 is 15.4 Å². The maximum Gasteiger partial charge on any atom is 0.240 e. The van der Waals surface area contributed by atoms with Gasteiger partial charge in [0.1, 0.15) is 0 Å². The van der Waals surface area contributed by atoms with Crippen molar-refractivity contribution in [1.82, 2.24) is 15.0 Å². The second-order valence-electron chi connectivity index (χ2n) is 6.21. The third-order valence-electron chi connectivity index (χ3n) is 4.01. The fraction of sp³-hybridized carbons (Fsp3) is 0.316. The van der Waals surface area contributed by atoms with Gasteiger partial charge in [0.15, 0.2) is 0 Å². The maximum absolute atomic E-state index is 12.3. The van der Waals surface area contributed by atoms with Gasteiger partial charge in [-0.15, -0.1) is 0 Å². The molecule has 7 heteroatoms. The van der Waals surface area contributed by atoms with E-state index in [1.165, 1.54) is 0 Å². The minimum atomic E-state index is -3.48. The zero-order valence-electron chi connectivity index (χ0n) is 15.2. The molecular weight excluding hydrogens is 348 g/mol. The molecule has 1 aromatic heterocycles. The van der Waals surface area contributed by atoms with Crippen LogP contribution in [-0.4, -0.2) is 19.9 Å². The largest absolute Gasteiger partial charge is 0.368 e. The molecule has 0 aliphatic heterocycles. The van der Waals surface area contributed by atoms with E-state index in [9.17, 15) is 8.42 Å². The first-order valence-electron chi connectivity index (χ1n) is 8.59. The predicted molar refractivity (Wildman–Crippen MR) is 105 cm³/mol. The van der Waals surface area contributed by atoms with Crippen molar-refractivity contribution in [2.75, 3.05) is 11.9 Å². The zero-order chi connectivity index (χ0) is 19.0. The van der Waals surface area contributed by atoms with E-state index in [0.29, 0.717) is 24.8 Å². The minimum absolute atomic E-state index is 0.250. The minimum Gasteiger partial charge on any atom is -0.368 e. The third-order valence-corrected chi connectivity index (χ3v) is 5.45. The van der Waals surface area contributed by atoms with E-state index in [-0.39, 0.29) is 4.90 Å². The lowest BCUT2D eigenvalue weighted by molar-refractivity contribution is 0.528. The van der Waals surface area contributed by atoms with Crippen molar-refractivity contribution < 1.29 is 8.42 Å². The number of anilines is 1. The van der Waals surface area contributed by atoms with Crippen molar-refractivity contribution in [2.45, 2.75) is 31.7 Å². The highest BCUT2D eigenvalue weighted by Crippen LogP contribution is 2.15. The quantitative estimate of drug-likeness (QED) is 0.595. The van der Waals surface area contributed by atoms with Crippen molar-refractivity contribution >= 4 is 15.7 Å². The van der Waals surface area contributed by atoms with Gasteiger partial charge in [-0.3, -0.25) is 4.98 Å². The summed E-state index contributed by atoms with van der Waals surface area (Å²) in [6.45, 7) is 9.01. The van der Waals surface area contributed by atoms with Gasteiger partial charge in [0.25, 0.3) is 0 Å². The van der Waals surface area contributed by atoms with Gasteiger partial charge in [0, 0.05) is 31.2 Å². The number of aromatic nitrogens is 1. The van der Waals surface area contributed by atoms with Gasteiger partial charge in [-0.05, 0) is 41.8 Å². The third kappa shape index (κ3) is 6.16. The van der Waals surface area contributed by atoms with Crippen molar-refractivity contribution in [1.29, 1.82) is 0 Å². The number of rotatable bonds is 10. The molecular formula is C19H26N4O2S. The first-order valence-corrected chi connectivity index (χ1v) is 10.1. The number of hydrogen-bond donors (Lipinski definition) is 3. The number of hydrogen-bond acceptors (Lipinski definition) is 5. The fourth-order valence-electron chi connectivity index (χ4n) is 2.13. The zero-order valence-corrected chi connectivity index (χ0v) is 16.0. The van der Waals surface area contributed by atoms with E-state index < -0.39 is 10.0 Å². The molecule has 0 radical (unpaired) electrons. The Kier molecular flexibility index (Phi) is 7.17. The average molecular weight is 375 g/mol. The maximum atomic E-state index is 12.3. The number of sulfonamides is 1. The van der Waals surface area contributed by atoms with Gasteiger partial charge < -0.3 is 10.6 Å². The van der Waals surface area contributed by atoms with Gasteiger partial charge >= 0.3 is 0 Å². The van der Waals surface area contributed by atoms with Crippen LogP contribution in [0.3, 0.4) is 0 Å². The predicted octanol–water partition coefficient (Wildman–Crippen LogP) is 3.08. The Morgan fingerprint density at radius 2 is 1.96 bits per heavy atom. The molecule has 1 heterocycles. The van der Waals surface area contributed by atoms with Gasteiger partial charge in [-0.25, -0.2) is 13.1 Å². The summed E-state index contributed by atoms with van der Waals surface area (Å²) in [5.74, 6) is 0.930. The molecule has 2 aromatic rings. The smallest absolute Gasteiger partial charge is 0.240 e. The van der Waals surface area contributed by atoms with E-state index in [2.05, 4.69) is 26.9 Å². The van der Waals surface area contributed by atoms with Gasteiger partial charge in [-0.1, -0.05) is 32.9 Å². The van der Waals surface area contributed by atoms with Crippen LogP contribution in [0.2, 0.25) is 0 Å². The first kappa shape index (κ1) is 19.9. The molecule has 0 bridgehead atoms. The van der Waals surface area contributed by atoms with E-state index in [1.54, 1.807) is 36.7 Å². The molecule has 0 amide bonds. The van der Waals surface area contributed by atoms with Gasteiger partial charge in [0.05, 0.1) is 10.7 Å². The number of pyridine rings is 1. The molecule has 0 saturated carbocycles. The summed E-state index contributed by atoms with van der Waals surface area (Å²) in [5, 5.41) is 6.26. The molecule has 1 unspecified atom stereocenters. The Hall–Kier alpha value is -2.38. The van der Waals surface area contributed by atoms with Crippen LogP contribution >= 0.6 is 0 Å². The first-order chi connectivity index (χ1) is 12.4. The molecule has 6 nitrogen and oxygen atoms in total. The summed E-state index contributed by atoms with van der Waals surface area (Å²) >= 11 is 0. The van der Waals surface area contributed by atoms with Gasteiger partial charge in [0.2, 0.25) is 10.0 Å². The Morgan fingerprint density at radius 1 is 1.23 bits per heavy atom. The lowest BCUT2D eigenvalue weighted by Gasteiger charge is -2.13. The molecule has 0 spiro atoms. The lowest BCUT2D eigenvalue weighted by atomic mass is 10.1. The summed E-state index contributed by atoms with van der Waals surface area (Å²) in [7, 11) is -3.48. The molecule has 1 aromatic carbocycles. The highest BCUT2D eigenvalue weighted by molar-refractivity contribution is 7.89. The number of nitrogens with one attached hydrogen (secondary N) is 3. The molecule has 0 fully saturated rings. The van der Waals surface area contributed by atoms with E-state index >= 15 is 0 Å². The van der Waals surface area contributed by atoms with E-state index in [4.69, 9.17) is 0 Å². The second kappa shape index (κ2) is 9.35. The molecule has 3 N–H and O–H groups in total. The molecule has 0 saturated heterocycles. The SMILES string of the molecule is C=C(NCc1cccnc1)Nc1ccc(S(=O)(=O)NCC(C)CC)cc1. The van der Waals surface area contributed by atoms with Crippen LogP contribution in [0.1, 0.15) is 25.8 Å². The normalized spacial score (nSPS) is 12.4. The molecule has 0 aliphatic carbocycles. The number of nitrogens with zero attached hydrogens (tertiary/aromatic N) is 1. The Bertz CT molecular complexity index is 805. The highest BCUT2D eigenvalue weighted by Gasteiger charge is 2.14. The highest BCUT2D eigenvalue weighted by atomic mass is 32.2. The van der Waals surface area contributed by atoms with Crippen LogP contribution in [0.25, 0.3) is 0 Å². The summed E-state index contributed by atoms with van der Waals surface area (Å²) < 4.78 is 27.2. The van der Waals surface area contributed by atoms with Crippen molar-refractivity contribution in [3.8, 4) is 0 Å². The molecule has 1 atom stereocenters. The Labute approximate surface area is 155 Å². The number of benzene rings is 1. The lowest BCUT2D eigenvalue weighted by Crippen LogP contribution is -2.28. The van der Waals surface area contributed by atoms with Crippen molar-refractivity contribution in [3.63, 3.8) is 0 Å². The Balaban J connectivity index is 1.89. The molecule has 0 aliphatic rings. The standard InChI is InChI=1S/C19H26N4O2S/c1-4-15(2)12-22-26(24,25)19-9-7-18(8-10-19)23-16(3)21-14-17-6-5-11-20-13-17/h5-11,13,15,21-23H,3-4,12,14H2,1-2H3. The van der Waals surface area contributed by atoms with Crippen LogP contribution in [0.15, 0.2) is 66.1 Å². The van der Waals surface area contributed by atoms with Crippen molar-refractivity contribution in [3.05, 3.63) is 66.8 Å². The fourth-order valence-corrected chi connectivity index (χ4v) is 3.29. The Morgan fingerprint density at radius 3 is 2.58 bits per heavy atom. The summed E-state index contributed by atoms with van der Waals surface area (Å²) in [4.78, 5) is 4.31. The van der Waals surface area contributed by atoms with Crippen molar-refractivity contribution in [2.24, 2.45) is 5.92 Å². The van der Waals surface area contributed by atoms with Crippen LogP contribution in [-0.2, 0) is 16.6 Å². The monoisotopic (exact) mass is 374 g/mol. The molecule has 26 heavy (non-hydrogen) atoms. The van der Waals surface area contributed by atoms with Crippen LogP contribution in [0.5, 0.6) is 0 Å².